The third-order valence-electron chi connectivity index (χ3n) is 5.50. The van der Waals surface area contributed by atoms with Crippen molar-refractivity contribution in [3.8, 4) is 11.6 Å². The van der Waals surface area contributed by atoms with Crippen molar-refractivity contribution >= 4 is 5.91 Å². The summed E-state index contributed by atoms with van der Waals surface area (Å²) in [7, 11) is 0. The van der Waals surface area contributed by atoms with Gasteiger partial charge in [0.05, 0.1) is 12.3 Å². The van der Waals surface area contributed by atoms with E-state index in [1.165, 1.54) is 11.1 Å². The Kier molecular flexibility index (Phi) is 6.14. The molecule has 1 saturated heterocycles. The molecule has 1 fully saturated rings. The van der Waals surface area contributed by atoms with Crippen molar-refractivity contribution in [3.63, 3.8) is 0 Å². The number of rotatable bonds is 6. The average molecular weight is 405 g/mol. The highest BCUT2D eigenvalue weighted by molar-refractivity contribution is 5.92. The number of amides is 1. The fourth-order valence-corrected chi connectivity index (χ4v) is 3.77. The summed E-state index contributed by atoms with van der Waals surface area (Å²) in [5, 5.41) is 4.56. The van der Waals surface area contributed by atoms with Crippen LogP contribution in [0.15, 0.2) is 60.7 Å². The quantitative estimate of drug-likeness (QED) is 0.631. The lowest BCUT2D eigenvalue weighted by Gasteiger charge is -2.34. The molecule has 30 heavy (non-hydrogen) atoms. The van der Waals surface area contributed by atoms with Crippen molar-refractivity contribution in [2.75, 3.05) is 32.8 Å². The van der Waals surface area contributed by atoms with Crippen LogP contribution >= 0.6 is 0 Å². The molecule has 2 aromatic carbocycles. The van der Waals surface area contributed by atoms with Crippen LogP contribution in [0.1, 0.15) is 28.5 Å². The molecule has 0 saturated carbocycles. The Hall–Kier alpha value is -3.12. The lowest BCUT2D eigenvalue weighted by atomic mass is 10.1. The Morgan fingerprint density at radius 3 is 2.40 bits per heavy atom. The summed E-state index contributed by atoms with van der Waals surface area (Å²) in [6.07, 6.45) is 0. The van der Waals surface area contributed by atoms with Gasteiger partial charge in [-0.05, 0) is 37.1 Å². The minimum atomic E-state index is -0.0406. The molecule has 0 bridgehead atoms. The van der Waals surface area contributed by atoms with Crippen LogP contribution in [0.3, 0.4) is 0 Å². The van der Waals surface area contributed by atoms with Crippen LogP contribution < -0.4 is 4.74 Å². The molecule has 0 aliphatic carbocycles. The first-order chi connectivity index (χ1) is 14.7. The van der Waals surface area contributed by atoms with Gasteiger partial charge >= 0.3 is 0 Å². The maximum Gasteiger partial charge on any atom is 0.274 e. The Bertz CT molecular complexity index is 991. The fraction of sp³-hybridized carbons (Fsp3) is 0.333. The number of piperazine rings is 1. The molecule has 0 N–H and O–H groups in total. The van der Waals surface area contributed by atoms with E-state index in [9.17, 15) is 4.79 Å². The van der Waals surface area contributed by atoms with Crippen molar-refractivity contribution in [2.45, 2.75) is 20.4 Å². The maximum atomic E-state index is 13.1. The van der Waals surface area contributed by atoms with Gasteiger partial charge in [-0.2, -0.15) is 5.10 Å². The number of hydrogen-bond acceptors (Lipinski definition) is 4. The van der Waals surface area contributed by atoms with Crippen LogP contribution in [-0.2, 0) is 6.54 Å². The van der Waals surface area contributed by atoms with E-state index < -0.39 is 0 Å². The lowest BCUT2D eigenvalue weighted by Crippen LogP contribution is -2.48. The first-order valence-corrected chi connectivity index (χ1v) is 10.5. The molecule has 0 spiro atoms. The van der Waals surface area contributed by atoms with Crippen molar-refractivity contribution in [2.24, 2.45) is 0 Å². The molecule has 0 unspecified atom stereocenters. The zero-order chi connectivity index (χ0) is 20.9. The van der Waals surface area contributed by atoms with E-state index in [0.29, 0.717) is 31.3 Å². The second-order valence-corrected chi connectivity index (χ2v) is 7.54. The molecule has 156 valence electrons. The predicted molar refractivity (Wildman–Crippen MR) is 117 cm³/mol. The second kappa shape index (κ2) is 9.13. The second-order valence-electron chi connectivity index (χ2n) is 7.54. The van der Waals surface area contributed by atoms with Crippen molar-refractivity contribution in [1.82, 2.24) is 19.6 Å². The van der Waals surface area contributed by atoms with Crippen molar-refractivity contribution < 1.29 is 9.53 Å². The number of aryl methyl sites for hydroxylation is 1. The number of carbonyl (C=O) groups excluding carboxylic acids is 1. The van der Waals surface area contributed by atoms with Crippen LogP contribution in [0, 0.1) is 6.92 Å². The molecule has 6 heteroatoms. The summed E-state index contributed by atoms with van der Waals surface area (Å²) in [6, 6.07) is 20.0. The van der Waals surface area contributed by atoms with Gasteiger partial charge in [0, 0.05) is 38.8 Å². The molecule has 3 aromatic rings. The van der Waals surface area contributed by atoms with Crippen LogP contribution in [0.25, 0.3) is 5.69 Å². The topological polar surface area (TPSA) is 50.6 Å². The molecular weight excluding hydrogens is 376 g/mol. The number of ether oxygens (including phenoxy) is 1. The third kappa shape index (κ3) is 4.39. The van der Waals surface area contributed by atoms with Crippen LogP contribution in [-0.4, -0.2) is 58.3 Å². The van der Waals surface area contributed by atoms with Gasteiger partial charge in [0.1, 0.15) is 0 Å². The number of nitrogens with zero attached hydrogens (tertiary/aromatic N) is 4. The number of carbonyl (C=O) groups is 1. The van der Waals surface area contributed by atoms with Crippen LogP contribution in [0.4, 0.5) is 0 Å². The molecule has 6 nitrogen and oxygen atoms in total. The van der Waals surface area contributed by atoms with E-state index in [1.54, 1.807) is 10.7 Å². The maximum absolute atomic E-state index is 13.1. The van der Waals surface area contributed by atoms with Gasteiger partial charge in [0.15, 0.2) is 5.69 Å². The molecule has 0 radical (unpaired) electrons. The normalized spacial score (nSPS) is 14.7. The molecule has 1 amide bonds. The highest BCUT2D eigenvalue weighted by Crippen LogP contribution is 2.21. The smallest absolute Gasteiger partial charge is 0.274 e. The Balaban J connectivity index is 1.43. The van der Waals surface area contributed by atoms with E-state index in [0.717, 1.165) is 25.3 Å². The standard InChI is InChI=1S/C24H28N4O2/c1-3-30-23-17-22(25-28(23)21-11-5-4-6-12-21)24(29)27-15-13-26(14-16-27)18-20-10-8-7-9-19(20)2/h4-12,17H,3,13-16,18H2,1-2H3. The number of para-hydroxylation sites is 1. The molecule has 1 aliphatic heterocycles. The Labute approximate surface area is 177 Å². The number of hydrogen-bond donors (Lipinski definition) is 0. The lowest BCUT2D eigenvalue weighted by molar-refractivity contribution is 0.0622. The Morgan fingerprint density at radius 2 is 1.70 bits per heavy atom. The van der Waals surface area contributed by atoms with E-state index in [1.807, 2.05) is 42.2 Å². The summed E-state index contributed by atoms with van der Waals surface area (Å²) < 4.78 is 7.43. The minimum absolute atomic E-state index is 0.0406. The molecular formula is C24H28N4O2. The SMILES string of the molecule is CCOc1cc(C(=O)N2CCN(Cc3ccccc3C)CC2)nn1-c1ccccc1. The van der Waals surface area contributed by atoms with E-state index in [-0.39, 0.29) is 5.91 Å². The molecule has 4 rings (SSSR count). The zero-order valence-corrected chi connectivity index (χ0v) is 17.6. The molecule has 2 heterocycles. The third-order valence-corrected chi connectivity index (χ3v) is 5.50. The van der Waals surface area contributed by atoms with Gasteiger partial charge in [-0.25, -0.2) is 4.68 Å². The Morgan fingerprint density at radius 1 is 1.00 bits per heavy atom. The van der Waals surface area contributed by atoms with Gasteiger partial charge in [-0.3, -0.25) is 9.69 Å². The minimum Gasteiger partial charge on any atom is -0.478 e. The van der Waals surface area contributed by atoms with Gasteiger partial charge < -0.3 is 9.64 Å². The highest BCUT2D eigenvalue weighted by Gasteiger charge is 2.25. The number of benzene rings is 2. The zero-order valence-electron chi connectivity index (χ0n) is 17.6. The molecule has 1 aliphatic rings. The van der Waals surface area contributed by atoms with Crippen molar-refractivity contribution in [3.05, 3.63) is 77.5 Å². The first kappa shape index (κ1) is 20.2. The van der Waals surface area contributed by atoms with Crippen LogP contribution in [0.5, 0.6) is 5.88 Å². The predicted octanol–water partition coefficient (Wildman–Crippen LogP) is 3.54. The van der Waals surface area contributed by atoms with Gasteiger partial charge in [0.25, 0.3) is 5.91 Å². The summed E-state index contributed by atoms with van der Waals surface area (Å²) in [5.41, 5.74) is 3.96. The summed E-state index contributed by atoms with van der Waals surface area (Å²) in [5.74, 6) is 0.548. The highest BCUT2D eigenvalue weighted by atomic mass is 16.5. The largest absolute Gasteiger partial charge is 0.478 e. The first-order valence-electron chi connectivity index (χ1n) is 10.5. The fourth-order valence-electron chi connectivity index (χ4n) is 3.77. The molecule has 1 aromatic heterocycles. The van der Waals surface area contributed by atoms with Gasteiger partial charge in [0.2, 0.25) is 5.88 Å². The summed E-state index contributed by atoms with van der Waals surface area (Å²) in [4.78, 5) is 17.4. The summed E-state index contributed by atoms with van der Waals surface area (Å²) in [6.45, 7) is 8.64. The van der Waals surface area contributed by atoms with Crippen molar-refractivity contribution in [1.29, 1.82) is 0 Å². The summed E-state index contributed by atoms with van der Waals surface area (Å²) >= 11 is 0. The van der Waals surface area contributed by atoms with E-state index in [2.05, 4.69) is 41.2 Å². The number of aromatic nitrogens is 2. The van der Waals surface area contributed by atoms with Gasteiger partial charge in [-0.1, -0.05) is 42.5 Å². The average Bonchev–Trinajstić information content (AvgIpc) is 3.20. The van der Waals surface area contributed by atoms with E-state index in [4.69, 9.17) is 4.74 Å². The monoisotopic (exact) mass is 404 g/mol. The van der Waals surface area contributed by atoms with Crippen LogP contribution in [0.2, 0.25) is 0 Å². The van der Waals surface area contributed by atoms with E-state index >= 15 is 0 Å². The molecule has 0 atom stereocenters. The van der Waals surface area contributed by atoms with Gasteiger partial charge in [-0.15, -0.1) is 0 Å².